The fraction of sp³-hybridized carbons (Fsp3) is 0.571. The molecule has 0 saturated heterocycles. The quantitative estimate of drug-likeness (QED) is 0.248. The topological polar surface area (TPSA) is 46.5 Å². The van der Waals surface area contributed by atoms with Gasteiger partial charge in [-0.05, 0) is 63.3 Å². The van der Waals surface area contributed by atoms with Crippen molar-refractivity contribution in [1.82, 2.24) is 0 Å². The minimum Gasteiger partial charge on any atom is -0.507 e. The zero-order valence-electron chi connectivity index (χ0n) is 26.8. The molecule has 0 aliphatic carbocycles. The molecule has 0 bridgehead atoms. The van der Waals surface area contributed by atoms with Gasteiger partial charge in [-0.3, -0.25) is 0 Å². The van der Waals surface area contributed by atoms with Crippen molar-refractivity contribution in [2.75, 3.05) is 0 Å². The van der Waals surface area contributed by atoms with E-state index >= 15 is 0 Å². The lowest BCUT2D eigenvalue weighted by atomic mass is 9.71. The fourth-order valence-corrected chi connectivity index (χ4v) is 5.70. The van der Waals surface area contributed by atoms with Crippen molar-refractivity contribution in [2.45, 2.75) is 131 Å². The molecule has 0 heterocycles. The first-order chi connectivity index (χ1) is 16.9. The van der Waals surface area contributed by atoms with Crippen molar-refractivity contribution < 1.29 is 14.6 Å². The molecule has 0 fully saturated rings. The van der Waals surface area contributed by atoms with E-state index in [1.165, 1.54) is 17.2 Å². The molecule has 2 aromatic rings. The summed E-state index contributed by atoms with van der Waals surface area (Å²) in [5, 5.41) is 11.9. The summed E-state index contributed by atoms with van der Waals surface area (Å²) in [5.41, 5.74) is 7.58. The van der Waals surface area contributed by atoms with E-state index in [0.29, 0.717) is 11.5 Å². The molecule has 1 N–H and O–H groups in total. The molecule has 0 saturated carbocycles. The van der Waals surface area contributed by atoms with Gasteiger partial charge in [0.15, 0.2) is 0 Å². The molecule has 210 valence electrons. The van der Waals surface area contributed by atoms with Crippen LogP contribution in [0.2, 0.25) is 0 Å². The third-order valence-corrected chi connectivity index (χ3v) is 7.66. The molecule has 3 heteroatoms. The van der Waals surface area contributed by atoms with Crippen LogP contribution in [0.15, 0.2) is 24.8 Å². The minimum atomic E-state index is -0.480. The van der Waals surface area contributed by atoms with Crippen LogP contribution >= 0.6 is 0 Å². The lowest BCUT2D eigenvalue weighted by Gasteiger charge is -2.35. The number of hydrogen-bond acceptors (Lipinski definition) is 3. The maximum atomic E-state index is 12.7. The summed E-state index contributed by atoms with van der Waals surface area (Å²) in [6.07, 6.45) is 1.22. The Labute approximate surface area is 232 Å². The average molecular weight is 521 g/mol. The molecule has 0 spiro atoms. The highest BCUT2D eigenvalue weighted by Crippen LogP contribution is 2.50. The minimum absolute atomic E-state index is 0.108. The van der Waals surface area contributed by atoms with E-state index in [-0.39, 0.29) is 27.6 Å². The Balaban J connectivity index is 3.20. The number of aromatic hydroxyl groups is 1. The predicted molar refractivity (Wildman–Crippen MR) is 162 cm³/mol. The number of phenolic OH excluding ortho intramolecular Hbond substituents is 1. The standard InChI is InChI=1S/C35H52O3/c1-17-27(36)38-31-26(35(14,15)16)19-24(33(8,9)10)21(3)29(31)22(4)28-20(2)23(32(5,6)7)18-25(30(28)37)34(11,12)13/h17-19,22,37H,1H2,2-16H3. The highest BCUT2D eigenvalue weighted by molar-refractivity contribution is 5.84. The van der Waals surface area contributed by atoms with Gasteiger partial charge in [-0.25, -0.2) is 4.79 Å². The molecular formula is C35H52O3. The van der Waals surface area contributed by atoms with Crippen molar-refractivity contribution >= 4 is 5.97 Å². The molecule has 38 heavy (non-hydrogen) atoms. The number of ether oxygens (including phenoxy) is 1. The fourth-order valence-electron chi connectivity index (χ4n) is 5.70. The van der Waals surface area contributed by atoms with Gasteiger partial charge in [-0.2, -0.15) is 0 Å². The Morgan fingerprint density at radius 1 is 0.737 bits per heavy atom. The summed E-state index contributed by atoms with van der Waals surface area (Å²) in [5.74, 6) is 0.202. The van der Waals surface area contributed by atoms with Gasteiger partial charge in [0.2, 0.25) is 0 Å². The molecule has 0 aliphatic heterocycles. The van der Waals surface area contributed by atoms with Crippen molar-refractivity contribution in [3.8, 4) is 11.5 Å². The van der Waals surface area contributed by atoms with E-state index < -0.39 is 5.97 Å². The molecule has 0 amide bonds. The van der Waals surface area contributed by atoms with Crippen molar-refractivity contribution in [1.29, 1.82) is 0 Å². The molecule has 0 aromatic heterocycles. The average Bonchev–Trinajstić information content (AvgIpc) is 2.69. The van der Waals surface area contributed by atoms with Crippen molar-refractivity contribution in [2.24, 2.45) is 0 Å². The van der Waals surface area contributed by atoms with Crippen LogP contribution in [0.1, 0.15) is 140 Å². The number of carbonyl (C=O) groups is 1. The number of esters is 1. The van der Waals surface area contributed by atoms with Gasteiger partial charge in [0, 0.05) is 28.7 Å². The zero-order valence-corrected chi connectivity index (χ0v) is 26.8. The molecule has 1 unspecified atom stereocenters. The third kappa shape index (κ3) is 6.19. The van der Waals surface area contributed by atoms with Crippen LogP contribution in [-0.4, -0.2) is 11.1 Å². The third-order valence-electron chi connectivity index (χ3n) is 7.66. The first-order valence-electron chi connectivity index (χ1n) is 13.8. The van der Waals surface area contributed by atoms with E-state index in [9.17, 15) is 9.90 Å². The smallest absolute Gasteiger partial charge is 0.335 e. The highest BCUT2D eigenvalue weighted by atomic mass is 16.5. The van der Waals surface area contributed by atoms with E-state index in [1.807, 2.05) is 0 Å². The Kier molecular flexibility index (Phi) is 8.51. The van der Waals surface area contributed by atoms with Gasteiger partial charge in [-0.15, -0.1) is 0 Å². The lowest BCUT2D eigenvalue weighted by Crippen LogP contribution is -2.24. The van der Waals surface area contributed by atoms with E-state index in [2.05, 4.69) is 123 Å². The summed E-state index contributed by atoms with van der Waals surface area (Å²) in [6, 6.07) is 4.38. The molecule has 0 aliphatic rings. The monoisotopic (exact) mass is 520 g/mol. The van der Waals surface area contributed by atoms with E-state index in [1.54, 1.807) is 0 Å². The number of carbonyl (C=O) groups excluding carboxylic acids is 1. The lowest BCUT2D eigenvalue weighted by molar-refractivity contribution is -0.129. The summed E-state index contributed by atoms with van der Waals surface area (Å²) in [6.45, 7) is 36.2. The van der Waals surface area contributed by atoms with Crippen molar-refractivity contribution in [3.63, 3.8) is 0 Å². The molecule has 0 radical (unpaired) electrons. The summed E-state index contributed by atoms with van der Waals surface area (Å²) < 4.78 is 6.08. The van der Waals surface area contributed by atoms with Crippen LogP contribution in [-0.2, 0) is 26.5 Å². The summed E-state index contributed by atoms with van der Waals surface area (Å²) in [7, 11) is 0. The van der Waals surface area contributed by atoms with E-state index in [0.717, 1.165) is 33.4 Å². The van der Waals surface area contributed by atoms with Crippen LogP contribution < -0.4 is 4.74 Å². The highest BCUT2D eigenvalue weighted by Gasteiger charge is 2.35. The van der Waals surface area contributed by atoms with Gasteiger partial charge in [0.25, 0.3) is 0 Å². The van der Waals surface area contributed by atoms with Gasteiger partial charge < -0.3 is 9.84 Å². The van der Waals surface area contributed by atoms with Gasteiger partial charge in [-0.1, -0.05) is 109 Å². The Morgan fingerprint density at radius 3 is 1.47 bits per heavy atom. The molecule has 1 atom stereocenters. The number of rotatable bonds is 4. The van der Waals surface area contributed by atoms with Gasteiger partial charge in [0.1, 0.15) is 11.5 Å². The maximum Gasteiger partial charge on any atom is 0.335 e. The van der Waals surface area contributed by atoms with Crippen LogP contribution in [0.3, 0.4) is 0 Å². The second kappa shape index (κ2) is 10.2. The number of phenols is 1. The van der Waals surface area contributed by atoms with Crippen LogP contribution in [0, 0.1) is 13.8 Å². The molecule has 3 nitrogen and oxygen atoms in total. The predicted octanol–water partition coefficient (Wildman–Crippen LogP) is 9.44. The Morgan fingerprint density at radius 2 is 1.11 bits per heavy atom. The largest absolute Gasteiger partial charge is 0.507 e. The number of benzene rings is 2. The molecule has 2 aromatic carbocycles. The second-order valence-corrected chi connectivity index (χ2v) is 15.0. The molecule has 2 rings (SSSR count). The number of hydrogen-bond donors (Lipinski definition) is 1. The maximum absolute atomic E-state index is 12.7. The SMILES string of the molecule is C=CC(=O)Oc1c(C(C)(C)C)cc(C(C)(C)C)c(C)c1C(C)c1c(C)c(C(C)(C)C)cc(C(C)(C)C)c1O. The van der Waals surface area contributed by atoms with Gasteiger partial charge in [0.05, 0.1) is 0 Å². The Hall–Kier alpha value is -2.55. The first-order valence-corrected chi connectivity index (χ1v) is 13.8. The summed E-state index contributed by atoms with van der Waals surface area (Å²) in [4.78, 5) is 12.7. The van der Waals surface area contributed by atoms with Gasteiger partial charge >= 0.3 is 5.97 Å². The van der Waals surface area contributed by atoms with Crippen molar-refractivity contribution in [3.05, 3.63) is 69.3 Å². The van der Waals surface area contributed by atoms with Crippen LogP contribution in [0.5, 0.6) is 11.5 Å². The summed E-state index contributed by atoms with van der Waals surface area (Å²) >= 11 is 0. The second-order valence-electron chi connectivity index (χ2n) is 15.0. The van der Waals surface area contributed by atoms with Crippen LogP contribution in [0.25, 0.3) is 0 Å². The van der Waals surface area contributed by atoms with E-state index in [4.69, 9.17) is 4.74 Å². The Bertz CT molecular complexity index is 1190. The zero-order chi connectivity index (χ0) is 29.8. The van der Waals surface area contributed by atoms with Crippen LogP contribution in [0.4, 0.5) is 0 Å². The molecular weight excluding hydrogens is 468 g/mol. The normalized spacial score (nSPS) is 13.9. The first kappa shape index (κ1) is 31.7.